The lowest BCUT2D eigenvalue weighted by Crippen LogP contribution is -2.22. The van der Waals surface area contributed by atoms with Crippen LogP contribution in [0.2, 0.25) is 5.02 Å². The minimum absolute atomic E-state index is 0.0519. The number of rotatable bonds is 5. The molecule has 0 spiro atoms. The van der Waals surface area contributed by atoms with Crippen LogP contribution in [0.25, 0.3) is 0 Å². The molecule has 1 aliphatic rings. The van der Waals surface area contributed by atoms with E-state index in [0.29, 0.717) is 11.7 Å². The number of aromatic nitrogens is 1. The van der Waals surface area contributed by atoms with Gasteiger partial charge in [0.1, 0.15) is 10.7 Å². The number of anilines is 2. The van der Waals surface area contributed by atoms with Crippen LogP contribution in [0.5, 0.6) is 0 Å². The highest BCUT2D eigenvalue weighted by molar-refractivity contribution is 7.92. The highest BCUT2D eigenvalue weighted by Gasteiger charge is 2.18. The fourth-order valence-electron chi connectivity index (χ4n) is 2.87. The average Bonchev–Trinajstić information content (AvgIpc) is 2.58. The number of nitrogens with zero attached hydrogens (tertiary/aromatic N) is 1. The van der Waals surface area contributed by atoms with Crippen LogP contribution in [-0.4, -0.2) is 19.4 Å². The fourth-order valence-corrected chi connectivity index (χ4v) is 4.43. The summed E-state index contributed by atoms with van der Waals surface area (Å²) in [5.41, 5.74) is 0.407. The topological polar surface area (TPSA) is 71.1 Å². The summed E-state index contributed by atoms with van der Waals surface area (Å²) in [6.45, 7) is 0. The zero-order chi connectivity index (χ0) is 17.0. The van der Waals surface area contributed by atoms with Crippen molar-refractivity contribution in [3.05, 3.63) is 47.6 Å². The SMILES string of the molecule is O=S(=O)(Nc1ccc(NC2CCCCC2)nc1)c1ccccc1Cl. The van der Waals surface area contributed by atoms with E-state index in [4.69, 9.17) is 11.6 Å². The molecule has 24 heavy (non-hydrogen) atoms. The Bertz CT molecular complexity index is 788. The second kappa shape index (κ2) is 7.40. The summed E-state index contributed by atoms with van der Waals surface area (Å²) in [6, 6.07) is 10.3. The Labute approximate surface area is 147 Å². The van der Waals surface area contributed by atoms with Gasteiger partial charge in [0.05, 0.1) is 16.9 Å². The molecule has 0 atom stereocenters. The van der Waals surface area contributed by atoms with E-state index in [9.17, 15) is 8.42 Å². The van der Waals surface area contributed by atoms with Crippen LogP contribution in [-0.2, 0) is 10.0 Å². The van der Waals surface area contributed by atoms with Crippen LogP contribution in [0.1, 0.15) is 32.1 Å². The van der Waals surface area contributed by atoms with Crippen molar-refractivity contribution in [3.8, 4) is 0 Å². The van der Waals surface area contributed by atoms with E-state index in [2.05, 4.69) is 15.0 Å². The number of hydrogen-bond donors (Lipinski definition) is 2. The molecule has 1 aliphatic carbocycles. The second-order valence-electron chi connectivity index (χ2n) is 5.95. The molecule has 0 aliphatic heterocycles. The van der Waals surface area contributed by atoms with Gasteiger partial charge in [-0.1, -0.05) is 43.0 Å². The molecule has 5 nitrogen and oxygen atoms in total. The zero-order valence-electron chi connectivity index (χ0n) is 13.2. The van der Waals surface area contributed by atoms with E-state index in [1.165, 1.54) is 31.5 Å². The summed E-state index contributed by atoms with van der Waals surface area (Å²) in [4.78, 5) is 4.35. The molecule has 128 valence electrons. The normalized spacial score (nSPS) is 15.9. The van der Waals surface area contributed by atoms with Crippen molar-refractivity contribution in [1.29, 1.82) is 0 Å². The van der Waals surface area contributed by atoms with Gasteiger partial charge in [-0.25, -0.2) is 13.4 Å². The van der Waals surface area contributed by atoms with Gasteiger partial charge in [-0.2, -0.15) is 0 Å². The first-order valence-corrected chi connectivity index (χ1v) is 9.91. The number of pyridine rings is 1. The average molecular weight is 366 g/mol. The molecule has 0 bridgehead atoms. The van der Waals surface area contributed by atoms with Gasteiger partial charge in [-0.05, 0) is 37.1 Å². The molecule has 1 heterocycles. The van der Waals surface area contributed by atoms with Gasteiger partial charge in [0, 0.05) is 6.04 Å². The maximum atomic E-state index is 12.4. The fraction of sp³-hybridized carbons (Fsp3) is 0.353. The van der Waals surface area contributed by atoms with E-state index in [1.54, 1.807) is 30.3 Å². The second-order valence-corrected chi connectivity index (χ2v) is 8.01. The lowest BCUT2D eigenvalue weighted by molar-refractivity contribution is 0.462. The van der Waals surface area contributed by atoms with Gasteiger partial charge >= 0.3 is 0 Å². The predicted molar refractivity (Wildman–Crippen MR) is 97.0 cm³/mol. The van der Waals surface area contributed by atoms with Crippen LogP contribution in [0, 0.1) is 0 Å². The summed E-state index contributed by atoms with van der Waals surface area (Å²) in [6.07, 6.45) is 7.61. The van der Waals surface area contributed by atoms with Crippen molar-refractivity contribution in [3.63, 3.8) is 0 Å². The molecule has 2 aromatic rings. The van der Waals surface area contributed by atoms with Crippen LogP contribution >= 0.6 is 11.6 Å². The third-order valence-electron chi connectivity index (χ3n) is 4.10. The maximum Gasteiger partial charge on any atom is 0.263 e. The van der Waals surface area contributed by atoms with Crippen LogP contribution < -0.4 is 10.0 Å². The Morgan fingerprint density at radius 3 is 2.46 bits per heavy atom. The van der Waals surface area contributed by atoms with Crippen molar-refractivity contribution in [2.45, 2.75) is 43.0 Å². The summed E-state index contributed by atoms with van der Waals surface area (Å²) in [5, 5.41) is 3.59. The Morgan fingerprint density at radius 1 is 1.04 bits per heavy atom. The van der Waals surface area contributed by atoms with Crippen LogP contribution in [0.4, 0.5) is 11.5 Å². The van der Waals surface area contributed by atoms with E-state index in [1.807, 2.05) is 0 Å². The highest BCUT2D eigenvalue weighted by atomic mass is 35.5. The van der Waals surface area contributed by atoms with Crippen molar-refractivity contribution >= 4 is 33.1 Å². The lowest BCUT2D eigenvalue weighted by Gasteiger charge is -2.23. The van der Waals surface area contributed by atoms with Gasteiger partial charge in [0.2, 0.25) is 0 Å². The summed E-state index contributed by atoms with van der Waals surface area (Å²) < 4.78 is 27.3. The minimum Gasteiger partial charge on any atom is -0.367 e. The monoisotopic (exact) mass is 365 g/mol. The molecule has 1 aromatic carbocycles. The van der Waals surface area contributed by atoms with Gasteiger partial charge < -0.3 is 5.32 Å². The van der Waals surface area contributed by atoms with Crippen LogP contribution in [0.3, 0.4) is 0 Å². The van der Waals surface area contributed by atoms with Gasteiger partial charge in [-0.3, -0.25) is 4.72 Å². The van der Waals surface area contributed by atoms with Crippen molar-refractivity contribution < 1.29 is 8.42 Å². The Balaban J connectivity index is 1.68. The molecule has 7 heteroatoms. The zero-order valence-corrected chi connectivity index (χ0v) is 14.8. The first-order valence-electron chi connectivity index (χ1n) is 8.04. The smallest absolute Gasteiger partial charge is 0.263 e. The van der Waals surface area contributed by atoms with Gasteiger partial charge in [0.15, 0.2) is 0 Å². The number of halogens is 1. The Kier molecular flexibility index (Phi) is 5.26. The van der Waals surface area contributed by atoms with E-state index >= 15 is 0 Å². The molecule has 1 saturated carbocycles. The van der Waals surface area contributed by atoms with Gasteiger partial charge in [0.25, 0.3) is 10.0 Å². The number of nitrogens with one attached hydrogen (secondary N) is 2. The van der Waals surface area contributed by atoms with E-state index < -0.39 is 10.0 Å². The Morgan fingerprint density at radius 2 is 1.79 bits per heavy atom. The molecule has 1 aromatic heterocycles. The van der Waals surface area contributed by atoms with Crippen molar-refractivity contribution in [2.24, 2.45) is 0 Å². The summed E-state index contributed by atoms with van der Waals surface area (Å²) in [7, 11) is -3.73. The lowest BCUT2D eigenvalue weighted by atomic mass is 9.95. The number of benzene rings is 1. The van der Waals surface area contributed by atoms with Gasteiger partial charge in [-0.15, -0.1) is 0 Å². The number of hydrogen-bond acceptors (Lipinski definition) is 4. The quantitative estimate of drug-likeness (QED) is 0.829. The molecule has 1 fully saturated rings. The first kappa shape index (κ1) is 17.0. The molecule has 3 rings (SSSR count). The van der Waals surface area contributed by atoms with E-state index in [0.717, 1.165) is 18.7 Å². The molecule has 0 amide bonds. The third kappa shape index (κ3) is 4.19. The molecular formula is C17H20ClN3O2S. The largest absolute Gasteiger partial charge is 0.367 e. The van der Waals surface area contributed by atoms with Crippen molar-refractivity contribution in [2.75, 3.05) is 10.0 Å². The summed E-state index contributed by atoms with van der Waals surface area (Å²) in [5.74, 6) is 0.766. The van der Waals surface area contributed by atoms with Crippen molar-refractivity contribution in [1.82, 2.24) is 4.98 Å². The molecule has 0 unspecified atom stereocenters. The minimum atomic E-state index is -3.73. The molecular weight excluding hydrogens is 346 g/mol. The summed E-state index contributed by atoms with van der Waals surface area (Å²) >= 11 is 5.96. The molecule has 0 radical (unpaired) electrons. The highest BCUT2D eigenvalue weighted by Crippen LogP contribution is 2.24. The molecule has 2 N–H and O–H groups in total. The third-order valence-corrected chi connectivity index (χ3v) is 5.98. The standard InChI is InChI=1S/C17H20ClN3O2S/c18-15-8-4-5-9-16(15)24(22,23)21-14-10-11-17(19-12-14)20-13-6-2-1-3-7-13/h4-5,8-13,21H,1-3,6-7H2,(H,19,20). The maximum absolute atomic E-state index is 12.4. The Hall–Kier alpha value is -1.79. The first-order chi connectivity index (χ1) is 11.5. The number of sulfonamides is 1. The van der Waals surface area contributed by atoms with Crippen LogP contribution in [0.15, 0.2) is 47.5 Å². The van der Waals surface area contributed by atoms with E-state index in [-0.39, 0.29) is 9.92 Å². The molecule has 0 saturated heterocycles. The predicted octanol–water partition coefficient (Wildman–Crippen LogP) is 4.28.